The van der Waals surface area contributed by atoms with Gasteiger partial charge in [-0.15, -0.1) is 0 Å². The van der Waals surface area contributed by atoms with Crippen LogP contribution in [0.4, 0.5) is 13.2 Å². The minimum Gasteiger partial charge on any atom is -0.395 e. The normalized spacial score (nSPS) is 20.2. The maximum atomic E-state index is 12.8. The van der Waals surface area contributed by atoms with Crippen LogP contribution in [0.15, 0.2) is 29.2 Å². The molecule has 1 aromatic rings. The first-order chi connectivity index (χ1) is 15.1. The van der Waals surface area contributed by atoms with Gasteiger partial charge < -0.3 is 14.7 Å². The summed E-state index contributed by atoms with van der Waals surface area (Å²) in [5, 5.41) is 9.01. The highest BCUT2D eigenvalue weighted by Crippen LogP contribution is 2.32. The summed E-state index contributed by atoms with van der Waals surface area (Å²) in [5.41, 5.74) is -0.868. The molecule has 32 heavy (non-hydrogen) atoms. The molecule has 1 aliphatic rings. The van der Waals surface area contributed by atoms with E-state index in [0.29, 0.717) is 26.0 Å². The van der Waals surface area contributed by atoms with Crippen LogP contribution in [0.1, 0.15) is 51.0 Å². The number of unbranched alkanes of at least 4 members (excludes halogenated alkanes) is 1. The summed E-state index contributed by atoms with van der Waals surface area (Å²) >= 11 is 0. The van der Waals surface area contributed by atoms with Crippen molar-refractivity contribution in [2.45, 2.75) is 68.7 Å². The van der Waals surface area contributed by atoms with Crippen LogP contribution in [0, 0.1) is 0 Å². The lowest BCUT2D eigenvalue weighted by Crippen LogP contribution is -2.40. The van der Waals surface area contributed by atoms with Gasteiger partial charge in [0, 0.05) is 26.2 Å². The van der Waals surface area contributed by atoms with Gasteiger partial charge in [0.2, 0.25) is 10.0 Å². The number of hydrogen-bond donors (Lipinski definition) is 1. The second-order valence-corrected chi connectivity index (χ2v) is 10.2. The Morgan fingerprint density at radius 1 is 1.06 bits per heavy atom. The van der Waals surface area contributed by atoms with Crippen molar-refractivity contribution in [1.82, 2.24) is 9.21 Å². The fourth-order valence-electron chi connectivity index (χ4n) is 4.01. The quantitative estimate of drug-likeness (QED) is 0.462. The molecule has 0 bridgehead atoms. The highest BCUT2D eigenvalue weighted by molar-refractivity contribution is 7.89. The van der Waals surface area contributed by atoms with Gasteiger partial charge in [-0.05, 0) is 75.9 Å². The molecule has 0 aliphatic heterocycles. The van der Waals surface area contributed by atoms with Gasteiger partial charge in [0.15, 0.2) is 0 Å². The van der Waals surface area contributed by atoms with Crippen LogP contribution in [0.25, 0.3) is 0 Å². The molecule has 1 aliphatic carbocycles. The van der Waals surface area contributed by atoms with Crippen molar-refractivity contribution in [2.75, 3.05) is 39.9 Å². The number of hydrogen-bond acceptors (Lipinski definition) is 5. The lowest BCUT2D eigenvalue weighted by molar-refractivity contribution is -0.137. The van der Waals surface area contributed by atoms with Gasteiger partial charge in [-0.25, -0.2) is 8.42 Å². The number of alkyl halides is 3. The standard InChI is InChI=1S/C22H35F3N2O4S/c1-3-27(15-16-28)14-4-5-17-31-20-10-8-19(9-11-20)26(2)32(29,30)21-12-6-18(7-13-21)22(23,24)25/h6-7,12-13,19-20,28H,3-5,8-11,14-17H2,1-2H3. The Bertz CT molecular complexity index is 779. The van der Waals surface area contributed by atoms with Crippen LogP contribution < -0.4 is 0 Å². The summed E-state index contributed by atoms with van der Waals surface area (Å²) in [7, 11) is -2.36. The van der Waals surface area contributed by atoms with Gasteiger partial charge in [0.25, 0.3) is 0 Å². The molecule has 1 saturated carbocycles. The summed E-state index contributed by atoms with van der Waals surface area (Å²) in [6.07, 6.45) is 0.352. The molecule has 0 atom stereocenters. The fourth-order valence-corrected chi connectivity index (χ4v) is 5.43. The van der Waals surface area contributed by atoms with E-state index in [-0.39, 0.29) is 23.6 Å². The third kappa shape index (κ3) is 7.69. The first-order valence-electron chi connectivity index (χ1n) is 11.2. The highest BCUT2D eigenvalue weighted by Gasteiger charge is 2.34. The fraction of sp³-hybridized carbons (Fsp3) is 0.727. The topological polar surface area (TPSA) is 70.1 Å². The van der Waals surface area contributed by atoms with Crippen molar-refractivity contribution in [1.29, 1.82) is 0 Å². The molecule has 2 rings (SSSR count). The summed E-state index contributed by atoms with van der Waals surface area (Å²) < 4.78 is 71.1. The van der Waals surface area contributed by atoms with E-state index >= 15 is 0 Å². The number of likely N-dealkylation sites (N-methyl/N-ethyl adjacent to an activating group) is 1. The van der Waals surface area contributed by atoms with E-state index in [1.54, 1.807) is 0 Å². The Labute approximate surface area is 189 Å². The first kappa shape index (κ1) is 27.0. The lowest BCUT2D eigenvalue weighted by atomic mass is 9.93. The molecule has 1 fully saturated rings. The Morgan fingerprint density at radius 3 is 2.22 bits per heavy atom. The second kappa shape index (κ2) is 12.3. The van der Waals surface area contributed by atoms with Crippen molar-refractivity contribution >= 4 is 10.0 Å². The summed E-state index contributed by atoms with van der Waals surface area (Å²) in [5.74, 6) is 0. The molecule has 0 aromatic heterocycles. The van der Waals surface area contributed by atoms with Gasteiger partial charge in [0.1, 0.15) is 0 Å². The molecule has 10 heteroatoms. The molecule has 6 nitrogen and oxygen atoms in total. The zero-order valence-electron chi connectivity index (χ0n) is 18.9. The molecule has 0 spiro atoms. The molecule has 184 valence electrons. The lowest BCUT2D eigenvalue weighted by Gasteiger charge is -2.34. The Hall–Kier alpha value is -1.20. The summed E-state index contributed by atoms with van der Waals surface area (Å²) in [6, 6.07) is 3.44. The second-order valence-electron chi connectivity index (χ2n) is 8.21. The maximum Gasteiger partial charge on any atom is 0.416 e. The Kier molecular flexibility index (Phi) is 10.4. The molecule has 0 amide bonds. The van der Waals surface area contributed by atoms with Crippen LogP contribution in [-0.4, -0.2) is 74.8 Å². The van der Waals surface area contributed by atoms with Gasteiger partial charge in [0.05, 0.1) is 23.2 Å². The average Bonchev–Trinajstić information content (AvgIpc) is 2.77. The molecule has 0 heterocycles. The molecule has 0 radical (unpaired) electrons. The molecule has 1 aromatic carbocycles. The minimum absolute atomic E-state index is 0.105. The zero-order valence-corrected chi connectivity index (χ0v) is 19.7. The van der Waals surface area contributed by atoms with Gasteiger partial charge >= 0.3 is 6.18 Å². The number of aliphatic hydroxyl groups is 1. The van der Waals surface area contributed by atoms with Crippen molar-refractivity contribution in [3.8, 4) is 0 Å². The van der Waals surface area contributed by atoms with E-state index < -0.39 is 21.8 Å². The monoisotopic (exact) mass is 480 g/mol. The Morgan fingerprint density at radius 2 is 1.69 bits per heavy atom. The van der Waals surface area contributed by atoms with Gasteiger partial charge in [-0.3, -0.25) is 0 Å². The van der Waals surface area contributed by atoms with E-state index in [2.05, 4.69) is 11.8 Å². The molecular weight excluding hydrogens is 445 g/mol. The third-order valence-electron chi connectivity index (χ3n) is 6.10. The molecule has 0 unspecified atom stereocenters. The van der Waals surface area contributed by atoms with Crippen molar-refractivity contribution in [2.24, 2.45) is 0 Å². The van der Waals surface area contributed by atoms with E-state index in [4.69, 9.17) is 9.84 Å². The van der Waals surface area contributed by atoms with Crippen LogP contribution in [0.5, 0.6) is 0 Å². The Balaban J connectivity index is 1.77. The van der Waals surface area contributed by atoms with Gasteiger partial charge in [-0.2, -0.15) is 17.5 Å². The minimum atomic E-state index is -4.50. The maximum absolute atomic E-state index is 12.8. The van der Waals surface area contributed by atoms with Crippen LogP contribution in [0.3, 0.4) is 0 Å². The van der Waals surface area contributed by atoms with Gasteiger partial charge in [-0.1, -0.05) is 6.92 Å². The molecule has 1 N–H and O–H groups in total. The van der Waals surface area contributed by atoms with Crippen LogP contribution in [-0.2, 0) is 20.9 Å². The van der Waals surface area contributed by atoms with Crippen molar-refractivity contribution in [3.05, 3.63) is 29.8 Å². The molecule has 0 saturated heterocycles. The van der Waals surface area contributed by atoms with Crippen LogP contribution in [0.2, 0.25) is 0 Å². The third-order valence-corrected chi connectivity index (χ3v) is 8.03. The van der Waals surface area contributed by atoms with Crippen molar-refractivity contribution < 1.29 is 31.4 Å². The zero-order chi connectivity index (χ0) is 23.8. The largest absolute Gasteiger partial charge is 0.416 e. The van der Waals surface area contributed by atoms with E-state index in [9.17, 15) is 21.6 Å². The number of aliphatic hydroxyl groups excluding tert-OH is 1. The highest BCUT2D eigenvalue weighted by atomic mass is 32.2. The van der Waals surface area contributed by atoms with Crippen LogP contribution >= 0.6 is 0 Å². The predicted molar refractivity (Wildman–Crippen MR) is 117 cm³/mol. The van der Waals surface area contributed by atoms with E-state index in [0.717, 1.165) is 63.0 Å². The first-order valence-corrected chi connectivity index (χ1v) is 12.6. The number of rotatable bonds is 12. The predicted octanol–water partition coefficient (Wildman–Crippen LogP) is 3.75. The number of sulfonamides is 1. The molecular formula is C22H35F3N2O4S. The number of ether oxygens (including phenoxy) is 1. The van der Waals surface area contributed by atoms with E-state index in [1.807, 2.05) is 0 Å². The number of halogens is 3. The smallest absolute Gasteiger partial charge is 0.395 e. The number of nitrogens with zero attached hydrogens (tertiary/aromatic N) is 2. The summed E-state index contributed by atoms with van der Waals surface area (Å²) in [4.78, 5) is 2.06. The number of benzene rings is 1. The average molecular weight is 481 g/mol. The SMILES string of the molecule is CCN(CCO)CCCCOC1CCC(N(C)S(=O)(=O)c2ccc(C(F)(F)F)cc2)CC1. The van der Waals surface area contributed by atoms with E-state index in [1.165, 1.54) is 11.4 Å². The van der Waals surface area contributed by atoms with Crippen molar-refractivity contribution in [3.63, 3.8) is 0 Å². The summed E-state index contributed by atoms with van der Waals surface area (Å²) in [6.45, 7) is 5.42.